The van der Waals surface area contributed by atoms with Crippen molar-refractivity contribution >= 4 is 23.1 Å². The Kier molecular flexibility index (Phi) is 4.19. The average Bonchev–Trinajstić information content (AvgIpc) is 3.13. The highest BCUT2D eigenvalue weighted by atomic mass is 16.5. The van der Waals surface area contributed by atoms with Gasteiger partial charge in [-0.05, 0) is 18.6 Å². The third-order valence-corrected chi connectivity index (χ3v) is 4.19. The van der Waals surface area contributed by atoms with E-state index in [9.17, 15) is 4.79 Å². The molecular formula is C21H17N3O2. The molecule has 0 aliphatic rings. The molecule has 0 N–H and O–H groups in total. The zero-order valence-corrected chi connectivity index (χ0v) is 14.3. The molecule has 0 saturated carbocycles. The Balaban J connectivity index is 1.94. The Labute approximate surface area is 150 Å². The van der Waals surface area contributed by atoms with E-state index >= 15 is 0 Å². The van der Waals surface area contributed by atoms with Gasteiger partial charge >= 0.3 is 0 Å². The predicted molar refractivity (Wildman–Crippen MR) is 103 cm³/mol. The molecule has 4 rings (SSSR count). The molecule has 0 spiro atoms. The van der Waals surface area contributed by atoms with Crippen molar-refractivity contribution < 1.29 is 4.52 Å². The number of benzene rings is 2. The molecule has 0 atom stereocenters. The van der Waals surface area contributed by atoms with Crippen molar-refractivity contribution in [1.82, 2.24) is 14.9 Å². The highest BCUT2D eigenvalue weighted by molar-refractivity contribution is 5.97. The lowest BCUT2D eigenvalue weighted by Crippen LogP contribution is -2.23. The summed E-state index contributed by atoms with van der Waals surface area (Å²) < 4.78 is 6.90. The molecule has 0 fully saturated rings. The molecule has 0 radical (unpaired) electrons. The summed E-state index contributed by atoms with van der Waals surface area (Å²) in [7, 11) is 0. The van der Waals surface area contributed by atoms with Gasteiger partial charge in [0.1, 0.15) is 5.69 Å². The minimum absolute atomic E-state index is 0.245. The Hall–Kier alpha value is -3.47. The van der Waals surface area contributed by atoms with Crippen LogP contribution in [0.1, 0.15) is 18.2 Å². The van der Waals surface area contributed by atoms with E-state index in [1.807, 2.05) is 79.7 Å². The molecule has 2 aromatic carbocycles. The fourth-order valence-electron chi connectivity index (χ4n) is 2.88. The van der Waals surface area contributed by atoms with Crippen molar-refractivity contribution in [3.8, 4) is 11.3 Å². The van der Waals surface area contributed by atoms with Gasteiger partial charge in [-0.25, -0.2) is 4.68 Å². The fourth-order valence-corrected chi connectivity index (χ4v) is 2.88. The monoisotopic (exact) mass is 343 g/mol. The summed E-state index contributed by atoms with van der Waals surface area (Å²) in [6, 6.07) is 19.6. The van der Waals surface area contributed by atoms with E-state index in [1.165, 1.54) is 4.68 Å². The zero-order chi connectivity index (χ0) is 17.9. The van der Waals surface area contributed by atoms with Gasteiger partial charge in [0.15, 0.2) is 11.3 Å². The minimum Gasteiger partial charge on any atom is -0.355 e. The van der Waals surface area contributed by atoms with Crippen LogP contribution in [0.4, 0.5) is 0 Å². The van der Waals surface area contributed by atoms with Gasteiger partial charge in [-0.15, -0.1) is 0 Å². The SMILES string of the molecule is CCn1nc(-c2ccccc2)c2c(/C=C/c3ccccc3)onc2c1=O. The first-order valence-corrected chi connectivity index (χ1v) is 8.47. The van der Waals surface area contributed by atoms with Crippen LogP contribution >= 0.6 is 0 Å². The summed E-state index contributed by atoms with van der Waals surface area (Å²) in [5, 5.41) is 9.21. The van der Waals surface area contributed by atoms with Gasteiger partial charge in [0.2, 0.25) is 0 Å². The molecule has 0 saturated heterocycles. The van der Waals surface area contributed by atoms with E-state index in [-0.39, 0.29) is 5.56 Å². The highest BCUT2D eigenvalue weighted by Gasteiger charge is 2.19. The van der Waals surface area contributed by atoms with Crippen LogP contribution in [0.15, 0.2) is 70.0 Å². The van der Waals surface area contributed by atoms with E-state index in [2.05, 4.69) is 10.3 Å². The molecule has 2 aromatic heterocycles. The van der Waals surface area contributed by atoms with Crippen LogP contribution in [-0.4, -0.2) is 14.9 Å². The third-order valence-electron chi connectivity index (χ3n) is 4.19. The Morgan fingerprint density at radius 1 is 1.00 bits per heavy atom. The number of fused-ring (bicyclic) bond motifs is 1. The van der Waals surface area contributed by atoms with Gasteiger partial charge in [-0.2, -0.15) is 5.10 Å². The van der Waals surface area contributed by atoms with E-state index < -0.39 is 0 Å². The van der Waals surface area contributed by atoms with Crippen LogP contribution in [0.3, 0.4) is 0 Å². The van der Waals surface area contributed by atoms with Gasteiger partial charge in [-0.3, -0.25) is 4.79 Å². The second-order valence-electron chi connectivity index (χ2n) is 5.85. The molecule has 4 aromatic rings. The Morgan fingerprint density at radius 2 is 1.69 bits per heavy atom. The summed E-state index contributed by atoms with van der Waals surface area (Å²) in [5.74, 6) is 0.524. The minimum atomic E-state index is -0.245. The molecule has 0 aliphatic carbocycles. The normalized spacial score (nSPS) is 11.4. The lowest BCUT2D eigenvalue weighted by atomic mass is 10.1. The standard InChI is InChI=1S/C21H17N3O2/c1-2-24-21(25)20-18(19(22-24)16-11-7-4-8-12-16)17(26-23-20)14-13-15-9-5-3-6-10-15/h3-14H,2H2,1H3/b14-13+. The maximum Gasteiger partial charge on any atom is 0.296 e. The summed E-state index contributed by atoms with van der Waals surface area (Å²) in [5.41, 5.74) is 2.69. The number of nitrogens with zero attached hydrogens (tertiary/aromatic N) is 3. The van der Waals surface area contributed by atoms with Crippen molar-refractivity contribution in [2.45, 2.75) is 13.5 Å². The maximum absolute atomic E-state index is 12.6. The first-order valence-electron chi connectivity index (χ1n) is 8.47. The van der Waals surface area contributed by atoms with Crippen LogP contribution in [0, 0.1) is 0 Å². The molecule has 0 aliphatic heterocycles. The number of rotatable bonds is 4. The molecule has 5 heteroatoms. The van der Waals surface area contributed by atoms with Gasteiger partial charge in [0.25, 0.3) is 5.56 Å². The van der Waals surface area contributed by atoms with Crippen LogP contribution < -0.4 is 5.56 Å². The summed E-state index contributed by atoms with van der Waals surface area (Å²) in [6.07, 6.45) is 3.76. The molecule has 5 nitrogen and oxygen atoms in total. The third kappa shape index (κ3) is 2.84. The van der Waals surface area contributed by atoms with Crippen LogP contribution in [-0.2, 0) is 6.54 Å². The average molecular weight is 343 g/mol. The Bertz CT molecular complexity index is 1130. The van der Waals surface area contributed by atoms with Crippen molar-refractivity contribution in [2.24, 2.45) is 0 Å². The van der Waals surface area contributed by atoms with Crippen molar-refractivity contribution in [1.29, 1.82) is 0 Å². The Morgan fingerprint density at radius 3 is 2.38 bits per heavy atom. The van der Waals surface area contributed by atoms with Crippen molar-refractivity contribution in [3.05, 3.63) is 82.3 Å². The highest BCUT2D eigenvalue weighted by Crippen LogP contribution is 2.28. The lowest BCUT2D eigenvalue weighted by molar-refractivity contribution is 0.420. The fraction of sp³-hybridized carbons (Fsp3) is 0.0952. The second kappa shape index (κ2) is 6.80. The van der Waals surface area contributed by atoms with Crippen molar-refractivity contribution in [3.63, 3.8) is 0 Å². The van der Waals surface area contributed by atoms with Gasteiger partial charge in [0, 0.05) is 12.1 Å². The lowest BCUT2D eigenvalue weighted by Gasteiger charge is -2.06. The molecule has 26 heavy (non-hydrogen) atoms. The number of hydrogen-bond donors (Lipinski definition) is 0. The molecular weight excluding hydrogens is 326 g/mol. The predicted octanol–water partition coefficient (Wildman–Crippen LogP) is 4.24. The van der Waals surface area contributed by atoms with Gasteiger partial charge in [0.05, 0.1) is 5.39 Å². The summed E-state index contributed by atoms with van der Waals surface area (Å²) >= 11 is 0. The van der Waals surface area contributed by atoms with E-state index in [0.29, 0.717) is 28.9 Å². The number of hydrogen-bond acceptors (Lipinski definition) is 4. The van der Waals surface area contributed by atoms with Gasteiger partial charge in [-0.1, -0.05) is 71.9 Å². The molecule has 0 bridgehead atoms. The summed E-state index contributed by atoms with van der Waals surface area (Å²) in [6.45, 7) is 2.35. The number of aryl methyl sites for hydroxylation is 1. The second-order valence-corrected chi connectivity index (χ2v) is 5.85. The first-order chi connectivity index (χ1) is 12.8. The van der Waals surface area contributed by atoms with Crippen LogP contribution in [0.5, 0.6) is 0 Å². The first kappa shape index (κ1) is 16.0. The van der Waals surface area contributed by atoms with Crippen LogP contribution in [0.2, 0.25) is 0 Å². The van der Waals surface area contributed by atoms with E-state index in [4.69, 9.17) is 4.52 Å². The molecule has 128 valence electrons. The number of aromatic nitrogens is 3. The largest absolute Gasteiger partial charge is 0.355 e. The zero-order valence-electron chi connectivity index (χ0n) is 14.3. The molecule has 0 unspecified atom stereocenters. The smallest absolute Gasteiger partial charge is 0.296 e. The molecule has 2 heterocycles. The quantitative estimate of drug-likeness (QED) is 0.556. The maximum atomic E-state index is 12.6. The van der Waals surface area contributed by atoms with Gasteiger partial charge < -0.3 is 4.52 Å². The van der Waals surface area contributed by atoms with E-state index in [1.54, 1.807) is 0 Å². The van der Waals surface area contributed by atoms with Crippen molar-refractivity contribution in [2.75, 3.05) is 0 Å². The van der Waals surface area contributed by atoms with Crippen LogP contribution in [0.25, 0.3) is 34.3 Å². The van der Waals surface area contributed by atoms with E-state index in [0.717, 1.165) is 11.1 Å². The topological polar surface area (TPSA) is 60.9 Å². The molecule has 0 amide bonds. The summed E-state index contributed by atoms with van der Waals surface area (Å²) in [4.78, 5) is 12.6.